The SMILES string of the molecule is O=C([O-])C1(C(=O)[O-])COC(C(=O)[O-])(C(=O)[O-])O1.[Na+].[Na+].[Na+].[Na+]. The van der Waals surface area contributed by atoms with E-state index in [1.807, 2.05) is 0 Å². The Balaban J connectivity index is -0.000000361. The van der Waals surface area contributed by atoms with Crippen molar-refractivity contribution in [3.63, 3.8) is 0 Å². The van der Waals surface area contributed by atoms with Gasteiger partial charge in [-0.05, 0) is 0 Å². The van der Waals surface area contributed by atoms with Gasteiger partial charge in [0.15, 0.2) is 5.60 Å². The first-order valence-corrected chi connectivity index (χ1v) is 3.89. The van der Waals surface area contributed by atoms with Crippen molar-refractivity contribution in [3.05, 3.63) is 0 Å². The second kappa shape index (κ2) is 11.4. The van der Waals surface area contributed by atoms with E-state index in [9.17, 15) is 39.6 Å². The average molecular weight is 338 g/mol. The Morgan fingerprint density at radius 3 is 1.19 bits per heavy atom. The molecule has 21 heavy (non-hydrogen) atoms. The second-order valence-electron chi connectivity index (χ2n) is 2.98. The van der Waals surface area contributed by atoms with E-state index in [2.05, 4.69) is 9.47 Å². The Morgan fingerprint density at radius 2 is 1.05 bits per heavy atom. The third-order valence-corrected chi connectivity index (χ3v) is 1.99. The summed E-state index contributed by atoms with van der Waals surface area (Å²) in [6.07, 6.45) is 0. The van der Waals surface area contributed by atoms with Crippen LogP contribution in [-0.4, -0.2) is 41.9 Å². The first-order valence-electron chi connectivity index (χ1n) is 3.89. The van der Waals surface area contributed by atoms with Gasteiger partial charge in [-0.15, -0.1) is 0 Å². The standard InChI is InChI=1S/C7H6O10.4Na/c8-2(9)6(3(10)11)1-16-7(17-6,4(12)13)5(14)15;;;;/h1H2,(H,8,9)(H,10,11)(H,12,13)(H,14,15);;;;/q;4*+1/p-4. The molecule has 1 fully saturated rings. The van der Waals surface area contributed by atoms with Crippen LogP contribution in [0.1, 0.15) is 0 Å². The summed E-state index contributed by atoms with van der Waals surface area (Å²) in [6, 6.07) is 0. The zero-order valence-corrected chi connectivity index (χ0v) is 19.8. The van der Waals surface area contributed by atoms with Crippen LogP contribution in [0.4, 0.5) is 0 Å². The second-order valence-corrected chi connectivity index (χ2v) is 2.98. The van der Waals surface area contributed by atoms with Crippen LogP contribution in [0.25, 0.3) is 0 Å². The number of carboxylic acids is 4. The molecule has 0 amide bonds. The first kappa shape index (κ1) is 30.7. The minimum Gasteiger partial charge on any atom is -0.546 e. The van der Waals surface area contributed by atoms with E-state index in [4.69, 9.17) is 0 Å². The van der Waals surface area contributed by atoms with Crippen LogP contribution >= 0.6 is 0 Å². The molecule has 0 N–H and O–H groups in total. The summed E-state index contributed by atoms with van der Waals surface area (Å²) in [4.78, 5) is 42.0. The Kier molecular flexibility index (Phi) is 16.6. The van der Waals surface area contributed by atoms with E-state index >= 15 is 0 Å². The van der Waals surface area contributed by atoms with Crippen molar-refractivity contribution in [2.45, 2.75) is 11.4 Å². The maximum Gasteiger partial charge on any atom is 1.00 e. The van der Waals surface area contributed by atoms with Crippen molar-refractivity contribution in [2.24, 2.45) is 0 Å². The minimum absolute atomic E-state index is 0. The number of carbonyl (C=O) groups is 4. The van der Waals surface area contributed by atoms with Gasteiger partial charge in [-0.1, -0.05) is 0 Å². The van der Waals surface area contributed by atoms with Crippen LogP contribution in [0, 0.1) is 0 Å². The number of carbonyl (C=O) groups excluding carboxylic acids is 4. The molecule has 1 heterocycles. The fourth-order valence-electron chi connectivity index (χ4n) is 1.08. The van der Waals surface area contributed by atoms with Gasteiger partial charge in [-0.2, -0.15) is 0 Å². The molecule has 0 aromatic rings. The van der Waals surface area contributed by atoms with E-state index < -0.39 is 41.9 Å². The van der Waals surface area contributed by atoms with Crippen molar-refractivity contribution in [3.8, 4) is 0 Å². The number of hydrogen-bond donors (Lipinski definition) is 0. The van der Waals surface area contributed by atoms with Gasteiger partial charge in [-0.3, -0.25) is 0 Å². The molecule has 0 spiro atoms. The molecule has 10 nitrogen and oxygen atoms in total. The summed E-state index contributed by atoms with van der Waals surface area (Å²) in [7, 11) is 0. The molecule has 1 aliphatic rings. The summed E-state index contributed by atoms with van der Waals surface area (Å²) in [6.45, 7) is -1.44. The molecule has 0 aliphatic carbocycles. The molecule has 0 saturated carbocycles. The quantitative estimate of drug-likeness (QED) is 0.353. The Bertz CT molecular complexity index is 358. The third-order valence-electron chi connectivity index (χ3n) is 1.99. The van der Waals surface area contributed by atoms with Crippen LogP contribution in [0.5, 0.6) is 0 Å². The molecule has 0 unspecified atom stereocenters. The van der Waals surface area contributed by atoms with E-state index in [1.54, 1.807) is 0 Å². The molecular weight excluding hydrogens is 336 g/mol. The molecule has 0 aromatic carbocycles. The number of ether oxygens (including phenoxy) is 2. The monoisotopic (exact) mass is 338 g/mol. The molecule has 0 radical (unpaired) electrons. The average Bonchev–Trinajstić information content (AvgIpc) is 2.59. The van der Waals surface area contributed by atoms with Crippen molar-refractivity contribution < 1.29 is 167 Å². The first-order chi connectivity index (χ1) is 7.69. The topological polar surface area (TPSA) is 179 Å². The van der Waals surface area contributed by atoms with Gasteiger partial charge in [0, 0.05) is 0 Å². The molecule has 1 rings (SSSR count). The normalized spacial score (nSPS) is 16.8. The molecule has 0 atom stereocenters. The van der Waals surface area contributed by atoms with Crippen LogP contribution in [0.2, 0.25) is 0 Å². The molecular formula is C7H2Na4O10. The van der Waals surface area contributed by atoms with E-state index in [-0.39, 0.29) is 118 Å². The molecule has 14 heteroatoms. The van der Waals surface area contributed by atoms with Gasteiger partial charge < -0.3 is 49.1 Å². The van der Waals surface area contributed by atoms with Gasteiger partial charge in [0.2, 0.25) is 0 Å². The largest absolute Gasteiger partial charge is 1.00 e. The summed E-state index contributed by atoms with van der Waals surface area (Å²) in [5, 5.41) is 42.0. The van der Waals surface area contributed by atoms with Crippen LogP contribution in [0.15, 0.2) is 0 Å². The van der Waals surface area contributed by atoms with Crippen molar-refractivity contribution >= 4 is 23.9 Å². The Hall–Kier alpha value is 1.80. The maximum atomic E-state index is 10.5. The van der Waals surface area contributed by atoms with Gasteiger partial charge in [0.05, 0.1) is 18.5 Å². The van der Waals surface area contributed by atoms with Gasteiger partial charge in [-0.25, -0.2) is 0 Å². The van der Waals surface area contributed by atoms with Crippen molar-refractivity contribution in [2.75, 3.05) is 6.61 Å². The third kappa shape index (κ3) is 5.68. The minimum atomic E-state index is -3.64. The summed E-state index contributed by atoms with van der Waals surface area (Å²) in [5.41, 5.74) is -3.36. The molecule has 0 bridgehead atoms. The van der Waals surface area contributed by atoms with Gasteiger partial charge >= 0.3 is 118 Å². The smallest absolute Gasteiger partial charge is 0.546 e. The van der Waals surface area contributed by atoms with Crippen LogP contribution in [-0.2, 0) is 28.7 Å². The van der Waals surface area contributed by atoms with Crippen molar-refractivity contribution in [1.29, 1.82) is 0 Å². The Morgan fingerprint density at radius 1 is 0.714 bits per heavy atom. The number of hydrogen-bond acceptors (Lipinski definition) is 10. The Labute approximate surface area is 206 Å². The zero-order valence-electron chi connectivity index (χ0n) is 11.8. The molecule has 0 aromatic heterocycles. The summed E-state index contributed by atoms with van der Waals surface area (Å²) in [5.74, 6) is -13.5. The zero-order chi connectivity index (χ0) is 13.4. The number of aliphatic carboxylic acids is 4. The van der Waals surface area contributed by atoms with Gasteiger partial charge in [0.1, 0.15) is 11.9 Å². The predicted octanol–water partition coefficient (Wildman–Crippen LogP) is -19.5. The molecule has 94 valence electrons. The molecule has 1 aliphatic heterocycles. The maximum absolute atomic E-state index is 10.5. The van der Waals surface area contributed by atoms with Gasteiger partial charge in [0.25, 0.3) is 5.79 Å². The van der Waals surface area contributed by atoms with Crippen LogP contribution in [0.3, 0.4) is 0 Å². The number of carboxylic acid groups (broad SMARTS) is 4. The fourth-order valence-corrected chi connectivity index (χ4v) is 1.08. The fraction of sp³-hybridized carbons (Fsp3) is 0.429. The predicted molar refractivity (Wildman–Crippen MR) is 32.5 cm³/mol. The van der Waals surface area contributed by atoms with E-state index in [0.29, 0.717) is 0 Å². The van der Waals surface area contributed by atoms with E-state index in [1.165, 1.54) is 0 Å². The van der Waals surface area contributed by atoms with Crippen molar-refractivity contribution in [1.82, 2.24) is 0 Å². The summed E-state index contributed by atoms with van der Waals surface area (Å²) < 4.78 is 7.93. The van der Waals surface area contributed by atoms with Crippen LogP contribution < -0.4 is 139 Å². The molecule has 1 saturated heterocycles. The van der Waals surface area contributed by atoms with E-state index in [0.717, 1.165) is 0 Å². The number of rotatable bonds is 4. The summed E-state index contributed by atoms with van der Waals surface area (Å²) >= 11 is 0.